The SMILES string of the molecule is Cn1ccc(C(=O)N2C[C@@H]3OCCN(c4ncccn4)[C@@H]3C2)n1.O=C(O)C(F)(F)F. The molecule has 1 amide bonds. The van der Waals surface area contributed by atoms with Crippen molar-refractivity contribution in [2.24, 2.45) is 7.05 Å². The standard InChI is InChI=1S/C15H18N6O2.C2HF3O2/c1-19-6-3-11(18-19)14(22)20-9-12-13(10-20)23-8-7-21(12)15-16-4-2-5-17-15;3-2(4,5)1(6)7/h2-6,12-13H,7-10H2,1H3;(H,6,7)/t12-,13+;/m1./s1. The molecule has 2 atom stereocenters. The van der Waals surface area contributed by atoms with Gasteiger partial charge in [-0.15, -0.1) is 0 Å². The number of halogens is 3. The highest BCUT2D eigenvalue weighted by atomic mass is 19.4. The number of hydrogen-bond acceptors (Lipinski definition) is 7. The number of ether oxygens (including phenoxy) is 1. The van der Waals surface area contributed by atoms with E-state index in [4.69, 9.17) is 14.6 Å². The summed E-state index contributed by atoms with van der Waals surface area (Å²) < 4.78 is 39.2. The van der Waals surface area contributed by atoms with E-state index >= 15 is 0 Å². The Bertz CT molecular complexity index is 891. The molecule has 13 heteroatoms. The van der Waals surface area contributed by atoms with Crippen LogP contribution in [0.25, 0.3) is 0 Å². The molecule has 4 heterocycles. The molecule has 2 aliphatic rings. The third-order valence-corrected chi connectivity index (χ3v) is 4.57. The number of rotatable bonds is 2. The minimum atomic E-state index is -5.08. The van der Waals surface area contributed by atoms with E-state index in [-0.39, 0.29) is 18.1 Å². The van der Waals surface area contributed by atoms with Crippen LogP contribution in [0.4, 0.5) is 19.1 Å². The molecular formula is C17H19F3N6O4. The van der Waals surface area contributed by atoms with Crippen LogP contribution in [-0.2, 0) is 16.6 Å². The Morgan fingerprint density at radius 1 is 1.23 bits per heavy atom. The zero-order valence-electron chi connectivity index (χ0n) is 15.9. The maximum atomic E-state index is 12.6. The quantitative estimate of drug-likeness (QED) is 0.739. The number of morpholine rings is 1. The van der Waals surface area contributed by atoms with Gasteiger partial charge in [-0.2, -0.15) is 18.3 Å². The number of carboxylic acid groups (broad SMARTS) is 1. The van der Waals surface area contributed by atoms with Crippen molar-refractivity contribution in [2.45, 2.75) is 18.3 Å². The Balaban J connectivity index is 0.000000318. The molecule has 162 valence electrons. The molecule has 2 aromatic rings. The second kappa shape index (κ2) is 8.65. The van der Waals surface area contributed by atoms with Crippen molar-refractivity contribution in [3.05, 3.63) is 36.4 Å². The van der Waals surface area contributed by atoms with Gasteiger partial charge in [0.1, 0.15) is 5.69 Å². The van der Waals surface area contributed by atoms with Crippen molar-refractivity contribution in [3.63, 3.8) is 0 Å². The van der Waals surface area contributed by atoms with E-state index in [9.17, 15) is 18.0 Å². The van der Waals surface area contributed by atoms with Crippen LogP contribution in [0.2, 0.25) is 0 Å². The van der Waals surface area contributed by atoms with E-state index in [0.29, 0.717) is 31.3 Å². The van der Waals surface area contributed by atoms with Gasteiger partial charge in [0.05, 0.1) is 18.8 Å². The second-order valence-corrected chi connectivity index (χ2v) is 6.61. The van der Waals surface area contributed by atoms with Crippen LogP contribution in [0.1, 0.15) is 10.5 Å². The summed E-state index contributed by atoms with van der Waals surface area (Å²) in [6, 6.07) is 3.62. The van der Waals surface area contributed by atoms with Crippen LogP contribution >= 0.6 is 0 Å². The number of aromatic nitrogens is 4. The number of likely N-dealkylation sites (tertiary alicyclic amines) is 1. The topological polar surface area (TPSA) is 114 Å². The van der Waals surface area contributed by atoms with Crippen LogP contribution < -0.4 is 4.90 Å². The van der Waals surface area contributed by atoms with Crippen LogP contribution in [-0.4, -0.2) is 86.2 Å². The lowest BCUT2D eigenvalue weighted by atomic mass is 10.1. The number of carboxylic acids is 1. The zero-order chi connectivity index (χ0) is 21.9. The summed E-state index contributed by atoms with van der Waals surface area (Å²) in [6.07, 6.45) is 0.147. The molecule has 0 unspecified atom stereocenters. The molecule has 2 fully saturated rings. The Labute approximate surface area is 168 Å². The number of nitrogens with zero attached hydrogens (tertiary/aromatic N) is 6. The number of fused-ring (bicyclic) bond motifs is 1. The van der Waals surface area contributed by atoms with Gasteiger partial charge >= 0.3 is 12.1 Å². The van der Waals surface area contributed by atoms with Gasteiger partial charge in [-0.05, 0) is 12.1 Å². The van der Waals surface area contributed by atoms with Crippen molar-refractivity contribution in [1.29, 1.82) is 0 Å². The van der Waals surface area contributed by atoms with E-state index in [0.717, 1.165) is 6.54 Å². The smallest absolute Gasteiger partial charge is 0.475 e. The molecule has 2 aliphatic heterocycles. The average molecular weight is 428 g/mol. The van der Waals surface area contributed by atoms with Crippen LogP contribution in [0.3, 0.4) is 0 Å². The van der Waals surface area contributed by atoms with Crippen molar-refractivity contribution < 1.29 is 32.6 Å². The Morgan fingerprint density at radius 2 is 1.90 bits per heavy atom. The van der Waals surface area contributed by atoms with Gasteiger partial charge in [0.2, 0.25) is 5.95 Å². The highest BCUT2D eigenvalue weighted by molar-refractivity contribution is 5.92. The normalized spacial score (nSPS) is 20.9. The third kappa shape index (κ3) is 4.84. The minimum absolute atomic E-state index is 0.0137. The molecule has 30 heavy (non-hydrogen) atoms. The summed E-state index contributed by atoms with van der Waals surface area (Å²) in [5.41, 5.74) is 0.466. The number of hydrogen-bond donors (Lipinski definition) is 1. The maximum Gasteiger partial charge on any atom is 0.490 e. The summed E-state index contributed by atoms with van der Waals surface area (Å²) in [5, 5.41) is 11.3. The summed E-state index contributed by atoms with van der Waals surface area (Å²) in [6.45, 7) is 2.52. The number of carbonyl (C=O) groups excluding carboxylic acids is 1. The zero-order valence-corrected chi connectivity index (χ0v) is 15.9. The molecule has 2 saturated heterocycles. The van der Waals surface area contributed by atoms with Gasteiger partial charge in [-0.1, -0.05) is 0 Å². The van der Waals surface area contributed by atoms with Crippen LogP contribution in [0.15, 0.2) is 30.7 Å². The summed E-state index contributed by atoms with van der Waals surface area (Å²) in [4.78, 5) is 34.1. The van der Waals surface area contributed by atoms with Crippen molar-refractivity contribution in [1.82, 2.24) is 24.6 Å². The second-order valence-electron chi connectivity index (χ2n) is 6.61. The van der Waals surface area contributed by atoms with Gasteiger partial charge < -0.3 is 19.6 Å². The highest BCUT2D eigenvalue weighted by Crippen LogP contribution is 2.26. The fourth-order valence-electron chi connectivity index (χ4n) is 3.23. The molecule has 0 spiro atoms. The van der Waals surface area contributed by atoms with E-state index in [2.05, 4.69) is 20.0 Å². The fourth-order valence-corrected chi connectivity index (χ4v) is 3.23. The predicted octanol–water partition coefficient (Wildman–Crippen LogP) is 0.573. The Hall–Kier alpha value is -3.22. The monoisotopic (exact) mass is 428 g/mol. The minimum Gasteiger partial charge on any atom is -0.475 e. The molecule has 0 aromatic carbocycles. The molecule has 0 radical (unpaired) electrons. The predicted molar refractivity (Wildman–Crippen MR) is 95.7 cm³/mol. The van der Waals surface area contributed by atoms with E-state index in [1.54, 1.807) is 47.4 Å². The molecule has 0 saturated carbocycles. The number of alkyl halides is 3. The summed E-state index contributed by atoms with van der Waals surface area (Å²) in [5.74, 6) is -2.12. The van der Waals surface area contributed by atoms with Gasteiger partial charge in [0.15, 0.2) is 0 Å². The summed E-state index contributed by atoms with van der Waals surface area (Å²) >= 11 is 0. The molecule has 4 rings (SSSR count). The van der Waals surface area contributed by atoms with Gasteiger partial charge in [0, 0.05) is 45.3 Å². The molecule has 0 bridgehead atoms. The molecule has 1 N–H and O–H groups in total. The number of aryl methyl sites for hydroxylation is 1. The molecular weight excluding hydrogens is 409 g/mol. The fraction of sp³-hybridized carbons (Fsp3) is 0.471. The number of aliphatic carboxylic acids is 1. The molecule has 10 nitrogen and oxygen atoms in total. The Kier molecular flexibility index (Phi) is 6.20. The first kappa shape index (κ1) is 21.5. The van der Waals surface area contributed by atoms with E-state index in [1.807, 2.05) is 0 Å². The van der Waals surface area contributed by atoms with E-state index in [1.165, 1.54) is 0 Å². The van der Waals surface area contributed by atoms with Gasteiger partial charge in [0.25, 0.3) is 5.91 Å². The summed E-state index contributed by atoms with van der Waals surface area (Å²) in [7, 11) is 1.80. The largest absolute Gasteiger partial charge is 0.490 e. The lowest BCUT2D eigenvalue weighted by Gasteiger charge is -2.36. The first-order chi connectivity index (χ1) is 14.2. The Morgan fingerprint density at radius 3 is 2.47 bits per heavy atom. The highest BCUT2D eigenvalue weighted by Gasteiger charge is 2.43. The lowest BCUT2D eigenvalue weighted by molar-refractivity contribution is -0.192. The third-order valence-electron chi connectivity index (χ3n) is 4.57. The number of amides is 1. The average Bonchev–Trinajstić information content (AvgIpc) is 3.34. The van der Waals surface area contributed by atoms with Gasteiger partial charge in [-0.25, -0.2) is 14.8 Å². The number of anilines is 1. The van der Waals surface area contributed by atoms with Crippen molar-refractivity contribution in [3.8, 4) is 0 Å². The van der Waals surface area contributed by atoms with Crippen LogP contribution in [0, 0.1) is 0 Å². The lowest BCUT2D eigenvalue weighted by Crippen LogP contribution is -2.51. The molecule has 0 aliphatic carbocycles. The first-order valence-corrected chi connectivity index (χ1v) is 8.91. The number of carbonyl (C=O) groups is 2. The van der Waals surface area contributed by atoms with Crippen molar-refractivity contribution >= 4 is 17.8 Å². The molecule has 2 aromatic heterocycles. The van der Waals surface area contributed by atoms with Gasteiger partial charge in [-0.3, -0.25) is 9.48 Å². The maximum absolute atomic E-state index is 12.6. The first-order valence-electron chi connectivity index (χ1n) is 8.91. The van der Waals surface area contributed by atoms with E-state index < -0.39 is 12.1 Å². The van der Waals surface area contributed by atoms with Crippen molar-refractivity contribution in [2.75, 3.05) is 31.1 Å². The van der Waals surface area contributed by atoms with Crippen LogP contribution in [0.5, 0.6) is 0 Å².